The molecule has 1 rings (SSSR count). The zero-order valence-electron chi connectivity index (χ0n) is 7.73. The normalized spacial score (nSPS) is 9.71. The number of ether oxygens (including phenoxy) is 1. The highest BCUT2D eigenvalue weighted by Gasteiger charge is 2.07. The Labute approximate surface area is 95.5 Å². The first kappa shape index (κ1) is 11.3. The Morgan fingerprint density at radius 3 is 2.79 bits per heavy atom. The zero-order chi connectivity index (χ0) is 10.7. The summed E-state index contributed by atoms with van der Waals surface area (Å²) in [4.78, 5) is 10.9. The van der Waals surface area contributed by atoms with Crippen LogP contribution in [-0.4, -0.2) is 13.2 Å². The Morgan fingerprint density at radius 1 is 1.57 bits per heavy atom. The third-order valence-electron chi connectivity index (χ3n) is 1.67. The van der Waals surface area contributed by atoms with E-state index in [0.717, 1.165) is 10.0 Å². The number of hydrogen-bond acceptors (Lipinski definition) is 2. The lowest BCUT2D eigenvalue weighted by Gasteiger charge is -2.08. The molecule has 1 aromatic rings. The fraction of sp³-hybridized carbons (Fsp3) is 0.222. The monoisotopic (exact) mass is 277 g/mol. The van der Waals surface area contributed by atoms with E-state index in [0.29, 0.717) is 10.7 Å². The molecule has 0 radical (unpaired) electrons. The van der Waals surface area contributed by atoms with Crippen LogP contribution in [0.2, 0.25) is 5.02 Å². The number of rotatable bonds is 1. The molecule has 0 atom stereocenters. The third-order valence-corrected chi connectivity index (χ3v) is 2.73. The van der Waals surface area contributed by atoms with Crippen LogP contribution in [0.25, 0.3) is 0 Å². The average Bonchev–Trinajstić information content (AvgIpc) is 2.14. The Balaban J connectivity index is 2.98. The second-order valence-electron chi connectivity index (χ2n) is 2.70. The van der Waals surface area contributed by atoms with Gasteiger partial charge >= 0.3 is 6.09 Å². The summed E-state index contributed by atoms with van der Waals surface area (Å²) < 4.78 is 5.23. The third kappa shape index (κ3) is 2.62. The van der Waals surface area contributed by atoms with Gasteiger partial charge < -0.3 is 4.74 Å². The van der Waals surface area contributed by atoms with Crippen molar-refractivity contribution in [3.63, 3.8) is 0 Å². The fourth-order valence-electron chi connectivity index (χ4n) is 0.903. The van der Waals surface area contributed by atoms with E-state index in [2.05, 4.69) is 26.0 Å². The van der Waals surface area contributed by atoms with Gasteiger partial charge in [-0.2, -0.15) is 0 Å². The summed E-state index contributed by atoms with van der Waals surface area (Å²) in [5.41, 5.74) is 1.53. The minimum Gasteiger partial charge on any atom is -0.453 e. The van der Waals surface area contributed by atoms with E-state index in [4.69, 9.17) is 11.6 Å². The first-order valence-electron chi connectivity index (χ1n) is 3.85. The smallest absolute Gasteiger partial charge is 0.411 e. The van der Waals surface area contributed by atoms with E-state index in [1.807, 2.05) is 13.0 Å². The van der Waals surface area contributed by atoms with E-state index in [1.165, 1.54) is 7.11 Å². The zero-order valence-corrected chi connectivity index (χ0v) is 10.1. The van der Waals surface area contributed by atoms with Crippen molar-refractivity contribution in [1.82, 2.24) is 0 Å². The van der Waals surface area contributed by atoms with Crippen molar-refractivity contribution in [1.29, 1.82) is 0 Å². The number of benzene rings is 1. The molecule has 0 aliphatic heterocycles. The van der Waals surface area contributed by atoms with Crippen LogP contribution in [0.15, 0.2) is 16.6 Å². The molecule has 76 valence electrons. The Kier molecular flexibility index (Phi) is 3.77. The predicted octanol–water partition coefficient (Wildman–Crippen LogP) is 3.59. The van der Waals surface area contributed by atoms with Crippen molar-refractivity contribution >= 4 is 39.3 Å². The Morgan fingerprint density at radius 2 is 2.21 bits per heavy atom. The van der Waals surface area contributed by atoms with Crippen LogP contribution >= 0.6 is 27.5 Å². The number of hydrogen-bond donors (Lipinski definition) is 1. The van der Waals surface area contributed by atoms with E-state index in [1.54, 1.807) is 6.07 Å². The van der Waals surface area contributed by atoms with Crippen LogP contribution in [0.5, 0.6) is 0 Å². The highest BCUT2D eigenvalue weighted by atomic mass is 79.9. The van der Waals surface area contributed by atoms with E-state index < -0.39 is 6.09 Å². The van der Waals surface area contributed by atoms with Crippen LogP contribution in [0.3, 0.4) is 0 Å². The summed E-state index contributed by atoms with van der Waals surface area (Å²) in [6, 6.07) is 3.49. The van der Waals surface area contributed by atoms with Gasteiger partial charge in [-0.25, -0.2) is 4.79 Å². The van der Waals surface area contributed by atoms with Gasteiger partial charge in [0.25, 0.3) is 0 Å². The molecule has 0 unspecified atom stereocenters. The maximum atomic E-state index is 10.9. The van der Waals surface area contributed by atoms with E-state index in [9.17, 15) is 4.79 Å². The second-order valence-corrected chi connectivity index (χ2v) is 3.96. The molecule has 1 amide bonds. The number of nitrogens with one attached hydrogen (secondary N) is 1. The minimum atomic E-state index is -0.523. The molecule has 0 fully saturated rings. The number of carbonyl (C=O) groups is 1. The molecule has 0 aliphatic carbocycles. The number of anilines is 1. The maximum absolute atomic E-state index is 10.9. The molecule has 1 N–H and O–H groups in total. The van der Waals surface area contributed by atoms with E-state index in [-0.39, 0.29) is 0 Å². The van der Waals surface area contributed by atoms with Crippen molar-refractivity contribution in [2.24, 2.45) is 0 Å². The molecule has 0 bridgehead atoms. The highest BCUT2D eigenvalue weighted by molar-refractivity contribution is 9.10. The number of carbonyl (C=O) groups excluding carboxylic acids is 1. The number of amides is 1. The molecule has 3 nitrogen and oxygen atoms in total. The summed E-state index contributed by atoms with van der Waals surface area (Å²) >= 11 is 9.21. The van der Waals surface area contributed by atoms with Crippen molar-refractivity contribution in [2.75, 3.05) is 12.4 Å². The van der Waals surface area contributed by atoms with Gasteiger partial charge in [0.1, 0.15) is 0 Å². The molecule has 14 heavy (non-hydrogen) atoms. The minimum absolute atomic E-state index is 0.523. The Bertz CT molecular complexity index is 368. The SMILES string of the molecule is COC(=O)Nc1cc(Cl)c(C)cc1Br. The van der Waals surface area contributed by atoms with Gasteiger partial charge in [0.15, 0.2) is 0 Å². The van der Waals surface area contributed by atoms with Gasteiger partial charge in [0, 0.05) is 9.50 Å². The lowest BCUT2D eigenvalue weighted by molar-refractivity contribution is 0.187. The summed E-state index contributed by atoms with van der Waals surface area (Å²) in [5.74, 6) is 0. The summed E-state index contributed by atoms with van der Waals surface area (Å²) in [6.45, 7) is 1.88. The van der Waals surface area contributed by atoms with Gasteiger partial charge in [-0.3, -0.25) is 5.32 Å². The molecule has 0 heterocycles. The largest absolute Gasteiger partial charge is 0.453 e. The molecule has 0 saturated carbocycles. The van der Waals surface area contributed by atoms with Crippen molar-refractivity contribution < 1.29 is 9.53 Å². The first-order valence-corrected chi connectivity index (χ1v) is 5.02. The van der Waals surface area contributed by atoms with Gasteiger partial charge in [-0.05, 0) is 40.5 Å². The summed E-state index contributed by atoms with van der Waals surface area (Å²) in [7, 11) is 1.30. The van der Waals surface area contributed by atoms with E-state index >= 15 is 0 Å². The van der Waals surface area contributed by atoms with Crippen molar-refractivity contribution in [3.05, 3.63) is 27.2 Å². The molecule has 0 aromatic heterocycles. The lowest BCUT2D eigenvalue weighted by atomic mass is 10.2. The fourth-order valence-corrected chi connectivity index (χ4v) is 1.62. The molecular weight excluding hydrogens is 269 g/mol. The van der Waals surface area contributed by atoms with Gasteiger partial charge in [-0.15, -0.1) is 0 Å². The van der Waals surface area contributed by atoms with Crippen LogP contribution in [0.4, 0.5) is 10.5 Å². The van der Waals surface area contributed by atoms with Crippen molar-refractivity contribution in [3.8, 4) is 0 Å². The van der Waals surface area contributed by atoms with Crippen LogP contribution < -0.4 is 5.32 Å². The standard InChI is InChI=1S/C9H9BrClNO2/c1-5-3-6(10)8(4-7(5)11)12-9(13)14-2/h3-4H,1-2H3,(H,12,13). The summed E-state index contributed by atoms with van der Waals surface area (Å²) in [6.07, 6.45) is -0.523. The summed E-state index contributed by atoms with van der Waals surface area (Å²) in [5, 5.41) is 3.13. The van der Waals surface area contributed by atoms with Crippen LogP contribution in [0, 0.1) is 6.92 Å². The van der Waals surface area contributed by atoms with Crippen molar-refractivity contribution in [2.45, 2.75) is 6.92 Å². The molecule has 0 saturated heterocycles. The molecular formula is C9H9BrClNO2. The number of halogens is 2. The molecule has 0 aliphatic rings. The number of methoxy groups -OCH3 is 1. The van der Waals surface area contributed by atoms with Crippen LogP contribution in [-0.2, 0) is 4.74 Å². The van der Waals surface area contributed by atoms with Gasteiger partial charge in [-0.1, -0.05) is 11.6 Å². The second kappa shape index (κ2) is 4.66. The van der Waals surface area contributed by atoms with Crippen LogP contribution in [0.1, 0.15) is 5.56 Å². The molecule has 5 heteroatoms. The maximum Gasteiger partial charge on any atom is 0.411 e. The topological polar surface area (TPSA) is 38.3 Å². The van der Waals surface area contributed by atoms with Gasteiger partial charge in [0.05, 0.1) is 12.8 Å². The quantitative estimate of drug-likeness (QED) is 0.852. The highest BCUT2D eigenvalue weighted by Crippen LogP contribution is 2.29. The molecule has 1 aromatic carbocycles. The Hall–Kier alpha value is -0.740. The molecule has 0 spiro atoms. The average molecular weight is 279 g/mol. The number of aryl methyl sites for hydroxylation is 1. The first-order chi connectivity index (χ1) is 6.54. The lowest BCUT2D eigenvalue weighted by Crippen LogP contribution is -2.11. The van der Waals surface area contributed by atoms with Gasteiger partial charge in [0.2, 0.25) is 0 Å². The predicted molar refractivity (Wildman–Crippen MR) is 59.9 cm³/mol.